The lowest BCUT2D eigenvalue weighted by molar-refractivity contribution is -0.148. The van der Waals surface area contributed by atoms with E-state index in [-0.39, 0.29) is 18.0 Å². The molecule has 0 aliphatic carbocycles. The first kappa shape index (κ1) is 29.4. The largest absolute Gasteiger partial charge is 0.465 e. The second-order valence-corrected chi connectivity index (χ2v) is 9.43. The summed E-state index contributed by atoms with van der Waals surface area (Å²) in [4.78, 5) is 11.9. The summed E-state index contributed by atoms with van der Waals surface area (Å²) in [5, 5.41) is 9.53. The normalized spacial score (nSPS) is 11.7. The summed E-state index contributed by atoms with van der Waals surface area (Å²) >= 11 is 0. The van der Waals surface area contributed by atoms with Crippen LogP contribution in [0.25, 0.3) is 0 Å². The predicted octanol–water partition coefficient (Wildman–Crippen LogP) is 8.37. The van der Waals surface area contributed by atoms with Crippen LogP contribution in [0.15, 0.2) is 0 Å². The Balaban J connectivity index is 3.32. The van der Waals surface area contributed by atoms with Gasteiger partial charge in [0.05, 0.1) is 13.2 Å². The third kappa shape index (κ3) is 17.1. The Morgan fingerprint density at radius 1 is 0.633 bits per heavy atom. The molecule has 0 aromatic carbocycles. The molecule has 0 bridgehead atoms. The number of aliphatic hydroxyl groups is 1. The van der Waals surface area contributed by atoms with E-state index >= 15 is 0 Å². The van der Waals surface area contributed by atoms with Gasteiger partial charge in [0, 0.05) is 11.8 Å². The number of esters is 1. The highest BCUT2D eigenvalue weighted by atomic mass is 16.5. The first-order chi connectivity index (χ1) is 14.6. The summed E-state index contributed by atoms with van der Waals surface area (Å²) in [5.41, 5.74) is -0.246. The molecular weight excluding hydrogens is 372 g/mol. The highest BCUT2D eigenvalue weighted by Gasteiger charge is 2.27. The summed E-state index contributed by atoms with van der Waals surface area (Å²) in [5.74, 6) is -0.101. The standard InChI is InChI=1S/C27H54O3/c1-4-7-8-9-10-11-12-13-14-15-16-17-18-19-20-21-22-23-26(29)30-25-27(5-2,6-3)24-28/h28H,4-25H2,1-3H3. The molecule has 0 saturated carbocycles. The van der Waals surface area contributed by atoms with Crippen LogP contribution >= 0.6 is 0 Å². The molecule has 180 valence electrons. The van der Waals surface area contributed by atoms with E-state index in [4.69, 9.17) is 4.74 Å². The third-order valence-electron chi connectivity index (χ3n) is 6.86. The third-order valence-corrected chi connectivity index (χ3v) is 6.86. The Morgan fingerprint density at radius 3 is 1.33 bits per heavy atom. The number of rotatable bonds is 23. The smallest absolute Gasteiger partial charge is 0.305 e. The molecule has 3 nitrogen and oxygen atoms in total. The molecule has 0 amide bonds. The minimum Gasteiger partial charge on any atom is -0.465 e. The zero-order valence-electron chi connectivity index (χ0n) is 20.8. The van der Waals surface area contributed by atoms with Crippen LogP contribution in [0, 0.1) is 5.41 Å². The van der Waals surface area contributed by atoms with E-state index in [9.17, 15) is 9.90 Å². The Labute approximate surface area is 188 Å². The molecule has 0 aliphatic heterocycles. The van der Waals surface area contributed by atoms with Gasteiger partial charge in [-0.25, -0.2) is 0 Å². The number of aliphatic hydroxyl groups excluding tert-OH is 1. The molecule has 0 aromatic rings. The summed E-state index contributed by atoms with van der Waals surface area (Å²) in [6.45, 7) is 6.82. The second kappa shape index (κ2) is 21.7. The molecule has 0 atom stereocenters. The fourth-order valence-corrected chi connectivity index (χ4v) is 4.02. The fourth-order valence-electron chi connectivity index (χ4n) is 4.02. The molecule has 3 heteroatoms. The highest BCUT2D eigenvalue weighted by molar-refractivity contribution is 5.69. The number of hydrogen-bond acceptors (Lipinski definition) is 3. The predicted molar refractivity (Wildman–Crippen MR) is 130 cm³/mol. The lowest BCUT2D eigenvalue weighted by atomic mass is 9.84. The van der Waals surface area contributed by atoms with Crippen molar-refractivity contribution in [3.8, 4) is 0 Å². The summed E-state index contributed by atoms with van der Waals surface area (Å²) in [6.07, 6.45) is 25.1. The van der Waals surface area contributed by atoms with E-state index in [2.05, 4.69) is 6.92 Å². The van der Waals surface area contributed by atoms with Crippen LogP contribution < -0.4 is 0 Å². The topological polar surface area (TPSA) is 46.5 Å². The van der Waals surface area contributed by atoms with Crippen molar-refractivity contribution in [1.82, 2.24) is 0 Å². The zero-order chi connectivity index (χ0) is 22.3. The Bertz CT molecular complexity index is 355. The molecule has 0 radical (unpaired) electrons. The van der Waals surface area contributed by atoms with Gasteiger partial charge in [-0.05, 0) is 19.3 Å². The van der Waals surface area contributed by atoms with Crippen LogP contribution in [-0.4, -0.2) is 24.3 Å². The first-order valence-electron chi connectivity index (χ1n) is 13.4. The van der Waals surface area contributed by atoms with Gasteiger partial charge in [-0.2, -0.15) is 0 Å². The number of carbonyl (C=O) groups excluding carboxylic acids is 1. The van der Waals surface area contributed by atoms with Gasteiger partial charge in [0.2, 0.25) is 0 Å². The number of unbranched alkanes of at least 4 members (excludes halogenated alkanes) is 16. The maximum absolute atomic E-state index is 11.9. The lowest BCUT2D eigenvalue weighted by Gasteiger charge is -2.28. The van der Waals surface area contributed by atoms with Gasteiger partial charge < -0.3 is 9.84 Å². The molecule has 0 saturated heterocycles. The first-order valence-corrected chi connectivity index (χ1v) is 13.4. The summed E-state index contributed by atoms with van der Waals surface area (Å²) in [6, 6.07) is 0. The van der Waals surface area contributed by atoms with Crippen molar-refractivity contribution in [2.45, 2.75) is 149 Å². The van der Waals surface area contributed by atoms with Gasteiger partial charge in [0.15, 0.2) is 0 Å². The molecule has 0 rings (SSSR count). The molecule has 0 aromatic heterocycles. The van der Waals surface area contributed by atoms with Gasteiger partial charge >= 0.3 is 5.97 Å². The molecule has 1 N–H and O–H groups in total. The summed E-state index contributed by atoms with van der Waals surface area (Å²) < 4.78 is 5.41. The van der Waals surface area contributed by atoms with Crippen molar-refractivity contribution in [2.75, 3.05) is 13.2 Å². The Hall–Kier alpha value is -0.570. The van der Waals surface area contributed by atoms with E-state index < -0.39 is 0 Å². The van der Waals surface area contributed by atoms with E-state index in [1.54, 1.807) is 0 Å². The van der Waals surface area contributed by atoms with Gasteiger partial charge in [-0.3, -0.25) is 4.79 Å². The number of hydrogen-bond donors (Lipinski definition) is 1. The lowest BCUT2D eigenvalue weighted by Crippen LogP contribution is -2.31. The van der Waals surface area contributed by atoms with E-state index in [0.29, 0.717) is 13.0 Å². The van der Waals surface area contributed by atoms with E-state index in [1.165, 1.54) is 96.3 Å². The van der Waals surface area contributed by atoms with Crippen molar-refractivity contribution in [2.24, 2.45) is 5.41 Å². The van der Waals surface area contributed by atoms with Crippen molar-refractivity contribution < 1.29 is 14.6 Å². The fraction of sp³-hybridized carbons (Fsp3) is 0.963. The van der Waals surface area contributed by atoms with E-state index in [0.717, 1.165) is 25.7 Å². The van der Waals surface area contributed by atoms with Gasteiger partial charge in [-0.1, -0.05) is 124 Å². The van der Waals surface area contributed by atoms with Gasteiger partial charge in [-0.15, -0.1) is 0 Å². The molecular formula is C27H54O3. The van der Waals surface area contributed by atoms with Gasteiger partial charge in [0.1, 0.15) is 0 Å². The van der Waals surface area contributed by atoms with Crippen LogP contribution in [0.4, 0.5) is 0 Å². The van der Waals surface area contributed by atoms with Gasteiger partial charge in [0.25, 0.3) is 0 Å². The van der Waals surface area contributed by atoms with Crippen molar-refractivity contribution in [1.29, 1.82) is 0 Å². The molecule has 30 heavy (non-hydrogen) atoms. The van der Waals surface area contributed by atoms with Crippen LogP contribution in [-0.2, 0) is 9.53 Å². The maximum atomic E-state index is 11.9. The Kier molecular flexibility index (Phi) is 21.2. The quantitative estimate of drug-likeness (QED) is 0.132. The SMILES string of the molecule is CCCCCCCCCCCCCCCCCCCC(=O)OCC(CC)(CC)CO. The Morgan fingerprint density at radius 2 is 1.00 bits per heavy atom. The summed E-state index contributed by atoms with van der Waals surface area (Å²) in [7, 11) is 0. The van der Waals surface area contributed by atoms with Crippen LogP contribution in [0.5, 0.6) is 0 Å². The van der Waals surface area contributed by atoms with Crippen LogP contribution in [0.3, 0.4) is 0 Å². The van der Waals surface area contributed by atoms with Crippen molar-refractivity contribution in [3.05, 3.63) is 0 Å². The minimum atomic E-state index is -0.246. The zero-order valence-corrected chi connectivity index (χ0v) is 20.8. The number of ether oxygens (including phenoxy) is 1. The minimum absolute atomic E-state index is 0.0897. The molecule has 0 heterocycles. The second-order valence-electron chi connectivity index (χ2n) is 9.43. The molecule has 0 aliphatic rings. The van der Waals surface area contributed by atoms with Crippen molar-refractivity contribution >= 4 is 5.97 Å². The van der Waals surface area contributed by atoms with Crippen LogP contribution in [0.2, 0.25) is 0 Å². The molecule has 0 unspecified atom stereocenters. The highest BCUT2D eigenvalue weighted by Crippen LogP contribution is 2.26. The average molecular weight is 427 g/mol. The number of carbonyl (C=O) groups is 1. The molecule has 0 spiro atoms. The molecule has 0 fully saturated rings. The average Bonchev–Trinajstić information content (AvgIpc) is 2.77. The maximum Gasteiger partial charge on any atom is 0.305 e. The van der Waals surface area contributed by atoms with Crippen LogP contribution in [0.1, 0.15) is 149 Å². The van der Waals surface area contributed by atoms with E-state index in [1.807, 2.05) is 13.8 Å². The van der Waals surface area contributed by atoms with Crippen molar-refractivity contribution in [3.63, 3.8) is 0 Å². The monoisotopic (exact) mass is 426 g/mol.